The Bertz CT molecular complexity index is 529. The molecule has 0 bridgehead atoms. The number of hydrogen-bond acceptors (Lipinski definition) is 2. The predicted octanol–water partition coefficient (Wildman–Crippen LogP) is 3.43. The van der Waals surface area contributed by atoms with Crippen LogP contribution in [0.2, 0.25) is 0 Å². The molecule has 1 aromatic rings. The van der Waals surface area contributed by atoms with Gasteiger partial charge in [-0.15, -0.1) is 0 Å². The van der Waals surface area contributed by atoms with Gasteiger partial charge < -0.3 is 10.2 Å². The second-order valence-corrected chi connectivity index (χ2v) is 7.02. The SMILES string of the molecule is CCC(=O)N(Cc1ccc(C)cc1)[C@H](CC)C(=O)NC(C)(C)C. The van der Waals surface area contributed by atoms with Gasteiger partial charge in [-0.05, 0) is 39.7 Å². The predicted molar refractivity (Wildman–Crippen MR) is 94.0 cm³/mol. The van der Waals surface area contributed by atoms with E-state index in [0.717, 1.165) is 5.56 Å². The molecule has 1 N–H and O–H groups in total. The van der Waals surface area contributed by atoms with Crippen LogP contribution in [0.3, 0.4) is 0 Å². The van der Waals surface area contributed by atoms with Crippen molar-refractivity contribution in [3.05, 3.63) is 35.4 Å². The van der Waals surface area contributed by atoms with Gasteiger partial charge in [0.05, 0.1) is 0 Å². The fourth-order valence-corrected chi connectivity index (χ4v) is 2.47. The zero-order chi connectivity index (χ0) is 17.6. The standard InChI is InChI=1S/C19H30N2O2/c1-7-16(18(23)20-19(4,5)6)21(17(22)8-2)13-15-11-9-14(3)10-12-15/h9-12,16H,7-8,13H2,1-6H3,(H,20,23)/t16-/m1/s1. The fraction of sp³-hybridized carbons (Fsp3) is 0.579. The Morgan fingerprint density at radius 3 is 2.13 bits per heavy atom. The van der Waals surface area contributed by atoms with E-state index in [0.29, 0.717) is 19.4 Å². The highest BCUT2D eigenvalue weighted by molar-refractivity contribution is 5.87. The first kappa shape index (κ1) is 19.2. The lowest BCUT2D eigenvalue weighted by molar-refractivity contribution is -0.141. The van der Waals surface area contributed by atoms with E-state index in [4.69, 9.17) is 0 Å². The Kier molecular flexibility index (Phi) is 6.79. The molecule has 0 aliphatic rings. The summed E-state index contributed by atoms with van der Waals surface area (Å²) in [6.45, 7) is 12.1. The molecule has 0 saturated heterocycles. The lowest BCUT2D eigenvalue weighted by Crippen LogP contribution is -2.53. The van der Waals surface area contributed by atoms with Gasteiger partial charge in [0, 0.05) is 18.5 Å². The van der Waals surface area contributed by atoms with E-state index in [2.05, 4.69) is 5.32 Å². The second-order valence-electron chi connectivity index (χ2n) is 7.02. The van der Waals surface area contributed by atoms with Crippen LogP contribution in [0.15, 0.2) is 24.3 Å². The van der Waals surface area contributed by atoms with Crippen LogP contribution in [0.4, 0.5) is 0 Å². The van der Waals surface area contributed by atoms with E-state index in [-0.39, 0.29) is 17.4 Å². The van der Waals surface area contributed by atoms with Crippen LogP contribution in [0.5, 0.6) is 0 Å². The van der Waals surface area contributed by atoms with Crippen LogP contribution in [-0.2, 0) is 16.1 Å². The number of benzene rings is 1. The Morgan fingerprint density at radius 2 is 1.70 bits per heavy atom. The zero-order valence-corrected chi connectivity index (χ0v) is 15.3. The van der Waals surface area contributed by atoms with Crippen LogP contribution < -0.4 is 5.32 Å². The van der Waals surface area contributed by atoms with Crippen molar-refractivity contribution in [2.45, 2.75) is 72.5 Å². The highest BCUT2D eigenvalue weighted by Crippen LogP contribution is 2.15. The molecule has 2 amide bonds. The van der Waals surface area contributed by atoms with Crippen molar-refractivity contribution in [2.75, 3.05) is 0 Å². The minimum Gasteiger partial charge on any atom is -0.350 e. The summed E-state index contributed by atoms with van der Waals surface area (Å²) in [5.74, 6) is -0.0876. The molecule has 0 fully saturated rings. The van der Waals surface area contributed by atoms with E-state index < -0.39 is 6.04 Å². The van der Waals surface area contributed by atoms with Crippen molar-refractivity contribution in [3.63, 3.8) is 0 Å². The first-order valence-corrected chi connectivity index (χ1v) is 8.35. The van der Waals surface area contributed by atoms with E-state index in [1.165, 1.54) is 5.56 Å². The summed E-state index contributed by atoms with van der Waals surface area (Å²) in [6, 6.07) is 7.64. The van der Waals surface area contributed by atoms with Gasteiger partial charge in [0.1, 0.15) is 6.04 Å². The summed E-state index contributed by atoms with van der Waals surface area (Å²) < 4.78 is 0. The smallest absolute Gasteiger partial charge is 0.243 e. The van der Waals surface area contributed by atoms with Crippen LogP contribution >= 0.6 is 0 Å². The first-order chi connectivity index (χ1) is 10.7. The van der Waals surface area contributed by atoms with Gasteiger partial charge >= 0.3 is 0 Å². The normalized spacial score (nSPS) is 12.6. The number of nitrogens with zero attached hydrogens (tertiary/aromatic N) is 1. The van der Waals surface area contributed by atoms with E-state index in [1.54, 1.807) is 4.90 Å². The average Bonchev–Trinajstić information content (AvgIpc) is 2.46. The summed E-state index contributed by atoms with van der Waals surface area (Å²) in [5.41, 5.74) is 1.91. The Labute approximate surface area is 140 Å². The minimum atomic E-state index is -0.442. The number of carbonyl (C=O) groups is 2. The Morgan fingerprint density at radius 1 is 1.13 bits per heavy atom. The van der Waals surface area contributed by atoms with Crippen molar-refractivity contribution in [1.29, 1.82) is 0 Å². The molecule has 0 spiro atoms. The van der Waals surface area contributed by atoms with Gasteiger partial charge in [-0.3, -0.25) is 9.59 Å². The molecule has 128 valence electrons. The van der Waals surface area contributed by atoms with Crippen LogP contribution in [0, 0.1) is 6.92 Å². The van der Waals surface area contributed by atoms with Gasteiger partial charge in [-0.25, -0.2) is 0 Å². The lowest BCUT2D eigenvalue weighted by Gasteiger charge is -2.33. The maximum Gasteiger partial charge on any atom is 0.243 e. The third-order valence-corrected chi connectivity index (χ3v) is 3.66. The molecule has 1 aromatic carbocycles. The molecule has 0 heterocycles. The summed E-state index contributed by atoms with van der Waals surface area (Å²) in [4.78, 5) is 26.7. The molecule has 0 saturated carbocycles. The van der Waals surface area contributed by atoms with Crippen molar-refractivity contribution < 1.29 is 9.59 Å². The largest absolute Gasteiger partial charge is 0.350 e. The summed E-state index contributed by atoms with van der Waals surface area (Å²) in [7, 11) is 0. The zero-order valence-electron chi connectivity index (χ0n) is 15.3. The van der Waals surface area contributed by atoms with Gasteiger partial charge in [-0.2, -0.15) is 0 Å². The molecule has 1 rings (SSSR count). The molecule has 0 radical (unpaired) electrons. The summed E-state index contributed by atoms with van der Waals surface area (Å²) in [6.07, 6.45) is 0.991. The highest BCUT2D eigenvalue weighted by Gasteiger charge is 2.29. The number of amides is 2. The molecule has 0 aromatic heterocycles. The van der Waals surface area contributed by atoms with E-state index >= 15 is 0 Å². The molecule has 0 unspecified atom stereocenters. The van der Waals surface area contributed by atoms with Gasteiger partial charge in [0.25, 0.3) is 0 Å². The molecule has 4 nitrogen and oxygen atoms in total. The maximum absolute atomic E-state index is 12.6. The quantitative estimate of drug-likeness (QED) is 0.873. The van der Waals surface area contributed by atoms with Crippen LogP contribution in [-0.4, -0.2) is 28.3 Å². The van der Waals surface area contributed by atoms with E-state index in [1.807, 2.05) is 65.8 Å². The topological polar surface area (TPSA) is 49.4 Å². The number of carbonyl (C=O) groups excluding carboxylic acids is 2. The lowest BCUT2D eigenvalue weighted by atomic mass is 10.0. The number of aryl methyl sites for hydroxylation is 1. The third-order valence-electron chi connectivity index (χ3n) is 3.66. The number of hydrogen-bond donors (Lipinski definition) is 1. The molecule has 4 heteroatoms. The first-order valence-electron chi connectivity index (χ1n) is 8.35. The highest BCUT2D eigenvalue weighted by atomic mass is 16.2. The number of nitrogens with one attached hydrogen (secondary N) is 1. The molecule has 0 aliphatic carbocycles. The summed E-state index contributed by atoms with van der Waals surface area (Å²) in [5, 5.41) is 2.99. The molecule has 1 atom stereocenters. The average molecular weight is 318 g/mol. The third kappa shape index (κ3) is 6.05. The Hall–Kier alpha value is -1.84. The van der Waals surface area contributed by atoms with Gasteiger partial charge in [0.2, 0.25) is 11.8 Å². The van der Waals surface area contributed by atoms with Gasteiger partial charge in [-0.1, -0.05) is 43.7 Å². The summed E-state index contributed by atoms with van der Waals surface area (Å²) >= 11 is 0. The second kappa shape index (κ2) is 8.14. The molecule has 0 aliphatic heterocycles. The van der Waals surface area contributed by atoms with Crippen LogP contribution in [0.25, 0.3) is 0 Å². The van der Waals surface area contributed by atoms with Crippen molar-refractivity contribution in [2.24, 2.45) is 0 Å². The molecular formula is C19H30N2O2. The molecule has 23 heavy (non-hydrogen) atoms. The Balaban J connectivity index is 3.00. The van der Waals surface area contributed by atoms with Crippen LogP contribution in [0.1, 0.15) is 58.6 Å². The minimum absolute atomic E-state index is 0.00137. The van der Waals surface area contributed by atoms with Crippen molar-refractivity contribution in [3.8, 4) is 0 Å². The monoisotopic (exact) mass is 318 g/mol. The van der Waals surface area contributed by atoms with Crippen molar-refractivity contribution >= 4 is 11.8 Å². The van der Waals surface area contributed by atoms with Gasteiger partial charge in [0.15, 0.2) is 0 Å². The van der Waals surface area contributed by atoms with E-state index in [9.17, 15) is 9.59 Å². The maximum atomic E-state index is 12.6. The fourth-order valence-electron chi connectivity index (χ4n) is 2.47. The van der Waals surface area contributed by atoms with Crippen molar-refractivity contribution in [1.82, 2.24) is 10.2 Å². The number of rotatable bonds is 6. The molecular weight excluding hydrogens is 288 g/mol.